The zero-order valence-electron chi connectivity index (χ0n) is 11.5. The standard InChI is InChI=1S/C15H17F2N3O/c16-12-2-1-10(13(17)5-12)7-20-9-19-6-14(20)15(18)11-3-4-21-8-11/h1-2,5-6,9,11,15H,3-4,7-8,18H2. The quantitative estimate of drug-likeness (QED) is 0.940. The second-order valence-corrected chi connectivity index (χ2v) is 5.33. The topological polar surface area (TPSA) is 53.1 Å². The van der Waals surface area contributed by atoms with E-state index in [-0.39, 0.29) is 18.5 Å². The number of ether oxygens (including phenoxy) is 1. The summed E-state index contributed by atoms with van der Waals surface area (Å²) in [6, 6.07) is 3.38. The van der Waals surface area contributed by atoms with Gasteiger partial charge in [-0.2, -0.15) is 0 Å². The van der Waals surface area contributed by atoms with E-state index in [2.05, 4.69) is 4.98 Å². The lowest BCUT2D eigenvalue weighted by molar-refractivity contribution is 0.180. The average molecular weight is 293 g/mol. The molecule has 2 unspecified atom stereocenters. The molecule has 2 heterocycles. The molecule has 0 saturated carbocycles. The third-order valence-electron chi connectivity index (χ3n) is 3.91. The third kappa shape index (κ3) is 2.96. The minimum Gasteiger partial charge on any atom is -0.381 e. The van der Waals surface area contributed by atoms with Crippen LogP contribution < -0.4 is 5.73 Å². The van der Waals surface area contributed by atoms with Crippen LogP contribution in [0.5, 0.6) is 0 Å². The van der Waals surface area contributed by atoms with Crippen LogP contribution in [0, 0.1) is 17.6 Å². The SMILES string of the molecule is NC(c1cncn1Cc1ccc(F)cc1F)C1CCOC1. The number of imidazole rings is 1. The Kier molecular flexibility index (Phi) is 3.98. The van der Waals surface area contributed by atoms with Crippen LogP contribution in [0.4, 0.5) is 8.78 Å². The van der Waals surface area contributed by atoms with Crippen molar-refractivity contribution in [3.63, 3.8) is 0 Å². The van der Waals surface area contributed by atoms with Crippen LogP contribution in [-0.2, 0) is 11.3 Å². The van der Waals surface area contributed by atoms with Gasteiger partial charge in [0.2, 0.25) is 0 Å². The lowest BCUT2D eigenvalue weighted by Crippen LogP contribution is -2.24. The van der Waals surface area contributed by atoms with E-state index in [4.69, 9.17) is 10.5 Å². The highest BCUT2D eigenvalue weighted by Crippen LogP contribution is 2.27. The lowest BCUT2D eigenvalue weighted by atomic mass is 9.97. The minimum atomic E-state index is -0.582. The molecule has 2 N–H and O–H groups in total. The van der Waals surface area contributed by atoms with Gasteiger partial charge in [-0.15, -0.1) is 0 Å². The van der Waals surface area contributed by atoms with Crippen molar-refractivity contribution in [3.8, 4) is 0 Å². The van der Waals surface area contributed by atoms with Gasteiger partial charge in [0.1, 0.15) is 11.6 Å². The molecule has 1 aromatic heterocycles. The molecule has 0 bridgehead atoms. The highest BCUT2D eigenvalue weighted by Gasteiger charge is 2.26. The van der Waals surface area contributed by atoms with E-state index in [1.54, 1.807) is 17.1 Å². The Hall–Kier alpha value is -1.79. The second kappa shape index (κ2) is 5.91. The van der Waals surface area contributed by atoms with Crippen molar-refractivity contribution in [3.05, 3.63) is 53.6 Å². The van der Waals surface area contributed by atoms with Crippen molar-refractivity contribution in [1.82, 2.24) is 9.55 Å². The summed E-state index contributed by atoms with van der Waals surface area (Å²) in [5, 5.41) is 0. The highest BCUT2D eigenvalue weighted by atomic mass is 19.1. The molecule has 0 radical (unpaired) electrons. The van der Waals surface area contributed by atoms with E-state index >= 15 is 0 Å². The Morgan fingerprint density at radius 3 is 3.00 bits per heavy atom. The first-order valence-electron chi connectivity index (χ1n) is 6.92. The normalized spacial score (nSPS) is 19.9. The average Bonchev–Trinajstić information content (AvgIpc) is 3.12. The van der Waals surface area contributed by atoms with Crippen LogP contribution in [0.1, 0.15) is 23.7 Å². The molecule has 0 amide bonds. The molecule has 0 aliphatic carbocycles. The highest BCUT2D eigenvalue weighted by molar-refractivity contribution is 5.20. The third-order valence-corrected chi connectivity index (χ3v) is 3.91. The first-order valence-corrected chi connectivity index (χ1v) is 6.92. The summed E-state index contributed by atoms with van der Waals surface area (Å²) in [4.78, 5) is 4.10. The molecule has 6 heteroatoms. The summed E-state index contributed by atoms with van der Waals surface area (Å²) in [7, 11) is 0. The molecule has 1 aliphatic heterocycles. The zero-order chi connectivity index (χ0) is 14.8. The Morgan fingerprint density at radius 1 is 1.43 bits per heavy atom. The molecule has 2 aromatic rings. The maximum Gasteiger partial charge on any atom is 0.131 e. The Morgan fingerprint density at radius 2 is 2.29 bits per heavy atom. The predicted molar refractivity (Wildman–Crippen MR) is 73.5 cm³/mol. The van der Waals surface area contributed by atoms with E-state index in [0.717, 1.165) is 24.8 Å². The van der Waals surface area contributed by atoms with Gasteiger partial charge in [-0.1, -0.05) is 6.07 Å². The monoisotopic (exact) mass is 293 g/mol. The summed E-state index contributed by atoms with van der Waals surface area (Å²) >= 11 is 0. The molecule has 4 nitrogen and oxygen atoms in total. The fraction of sp³-hybridized carbons (Fsp3) is 0.400. The van der Waals surface area contributed by atoms with Crippen LogP contribution in [0.3, 0.4) is 0 Å². The maximum absolute atomic E-state index is 13.8. The zero-order valence-corrected chi connectivity index (χ0v) is 11.5. The van der Waals surface area contributed by atoms with Crippen molar-refractivity contribution in [2.45, 2.75) is 19.0 Å². The van der Waals surface area contributed by atoms with Gasteiger partial charge in [-0.3, -0.25) is 0 Å². The van der Waals surface area contributed by atoms with Crippen LogP contribution in [0.25, 0.3) is 0 Å². The van der Waals surface area contributed by atoms with Crippen LogP contribution in [0.2, 0.25) is 0 Å². The molecular weight excluding hydrogens is 276 g/mol. The predicted octanol–water partition coefficient (Wildman–Crippen LogP) is 2.25. The number of rotatable bonds is 4. The van der Waals surface area contributed by atoms with E-state index in [1.165, 1.54) is 12.1 Å². The fourth-order valence-corrected chi connectivity index (χ4v) is 2.65. The first-order chi connectivity index (χ1) is 10.1. The Bertz CT molecular complexity index is 623. The van der Waals surface area contributed by atoms with Gasteiger partial charge in [-0.05, 0) is 12.5 Å². The van der Waals surface area contributed by atoms with Gasteiger partial charge in [0.15, 0.2) is 0 Å². The molecule has 112 valence electrons. The van der Waals surface area contributed by atoms with Gasteiger partial charge < -0.3 is 15.0 Å². The van der Waals surface area contributed by atoms with Crippen LogP contribution >= 0.6 is 0 Å². The van der Waals surface area contributed by atoms with Crippen molar-refractivity contribution >= 4 is 0 Å². The molecular formula is C15H17F2N3O. The number of benzene rings is 1. The van der Waals surface area contributed by atoms with Gasteiger partial charge in [0.25, 0.3) is 0 Å². The summed E-state index contributed by atoms with van der Waals surface area (Å²) < 4.78 is 33.9. The van der Waals surface area contributed by atoms with Crippen LogP contribution in [-0.4, -0.2) is 22.8 Å². The van der Waals surface area contributed by atoms with Crippen LogP contribution in [0.15, 0.2) is 30.7 Å². The Balaban J connectivity index is 1.81. The summed E-state index contributed by atoms with van der Waals surface area (Å²) in [5.74, 6) is -0.896. The van der Waals surface area contributed by atoms with Gasteiger partial charge in [0, 0.05) is 30.4 Å². The molecule has 1 aromatic carbocycles. The summed E-state index contributed by atoms with van der Waals surface area (Å²) in [6.07, 6.45) is 4.23. The number of hydrogen-bond acceptors (Lipinski definition) is 3. The van der Waals surface area contributed by atoms with E-state index in [1.807, 2.05) is 0 Å². The van der Waals surface area contributed by atoms with Crippen molar-refractivity contribution in [2.75, 3.05) is 13.2 Å². The second-order valence-electron chi connectivity index (χ2n) is 5.33. The van der Waals surface area contributed by atoms with Crippen molar-refractivity contribution in [1.29, 1.82) is 0 Å². The van der Waals surface area contributed by atoms with E-state index < -0.39 is 11.6 Å². The first kappa shape index (κ1) is 14.2. The van der Waals surface area contributed by atoms with Gasteiger partial charge in [0.05, 0.1) is 31.2 Å². The molecule has 3 rings (SSSR count). The molecule has 21 heavy (non-hydrogen) atoms. The van der Waals surface area contributed by atoms with Gasteiger partial charge in [-0.25, -0.2) is 13.8 Å². The van der Waals surface area contributed by atoms with E-state index in [9.17, 15) is 8.78 Å². The smallest absolute Gasteiger partial charge is 0.131 e. The van der Waals surface area contributed by atoms with Gasteiger partial charge >= 0.3 is 0 Å². The number of nitrogens with zero attached hydrogens (tertiary/aromatic N) is 2. The fourth-order valence-electron chi connectivity index (χ4n) is 2.65. The minimum absolute atomic E-state index is 0.196. The number of halogens is 2. The molecule has 0 spiro atoms. The van der Waals surface area contributed by atoms with E-state index in [0.29, 0.717) is 12.2 Å². The molecule has 2 atom stereocenters. The molecule has 1 saturated heterocycles. The van der Waals surface area contributed by atoms with Crippen molar-refractivity contribution < 1.29 is 13.5 Å². The molecule has 1 aliphatic rings. The number of hydrogen-bond donors (Lipinski definition) is 1. The Labute approximate surface area is 121 Å². The largest absolute Gasteiger partial charge is 0.381 e. The molecule has 1 fully saturated rings. The summed E-state index contributed by atoms with van der Waals surface area (Å²) in [6.45, 7) is 1.64. The van der Waals surface area contributed by atoms with Crippen molar-refractivity contribution in [2.24, 2.45) is 11.7 Å². The number of aromatic nitrogens is 2. The summed E-state index contributed by atoms with van der Waals surface area (Å²) in [5.41, 5.74) is 7.52. The maximum atomic E-state index is 13.8. The lowest BCUT2D eigenvalue weighted by Gasteiger charge is -2.19. The number of nitrogens with two attached hydrogens (primary N) is 1.